The van der Waals surface area contributed by atoms with Gasteiger partial charge in [-0.05, 0) is 27.6 Å². The molecule has 94 valence electrons. The van der Waals surface area contributed by atoms with Gasteiger partial charge in [-0.1, -0.05) is 30.3 Å². The third-order valence-corrected chi connectivity index (χ3v) is 3.13. The van der Waals surface area contributed by atoms with Crippen molar-refractivity contribution in [1.29, 1.82) is 0 Å². The summed E-state index contributed by atoms with van der Waals surface area (Å²) in [5.41, 5.74) is 1.95. The van der Waals surface area contributed by atoms with Gasteiger partial charge in [0, 0.05) is 22.4 Å². The van der Waals surface area contributed by atoms with Crippen molar-refractivity contribution >= 4 is 15.9 Å². The number of benzene rings is 1. The van der Waals surface area contributed by atoms with Crippen LogP contribution in [0, 0.1) is 5.82 Å². The smallest absolute Gasteiger partial charge is 0.189 e. The lowest BCUT2D eigenvalue weighted by Crippen LogP contribution is -2.01. The molecule has 0 spiro atoms. The maximum absolute atomic E-state index is 13.8. The minimum Gasteiger partial charge on any atom is -0.233 e. The van der Waals surface area contributed by atoms with Gasteiger partial charge in [0.2, 0.25) is 0 Å². The number of hydrogen-bond acceptors (Lipinski definition) is 2. The third-order valence-electron chi connectivity index (χ3n) is 2.70. The molecular formula is C14H9BrFN3. The lowest BCUT2D eigenvalue weighted by atomic mass is 10.1. The van der Waals surface area contributed by atoms with Gasteiger partial charge in [-0.25, -0.2) is 14.1 Å². The number of rotatable bonds is 2. The minimum atomic E-state index is -0.419. The molecule has 0 amide bonds. The van der Waals surface area contributed by atoms with Gasteiger partial charge < -0.3 is 0 Å². The molecule has 0 unspecified atom stereocenters. The highest BCUT2D eigenvalue weighted by atomic mass is 79.9. The Balaban J connectivity index is 2.02. The molecule has 2 aromatic heterocycles. The first kappa shape index (κ1) is 12.0. The molecule has 0 fully saturated rings. The number of halogens is 2. The molecule has 0 atom stereocenters. The van der Waals surface area contributed by atoms with Gasteiger partial charge in [-0.15, -0.1) is 0 Å². The summed E-state index contributed by atoms with van der Waals surface area (Å²) in [5, 5.41) is 4.15. The average molecular weight is 318 g/mol. The summed E-state index contributed by atoms with van der Waals surface area (Å²) in [6, 6.07) is 11.2. The molecule has 3 rings (SSSR count). The molecule has 0 aliphatic heterocycles. The van der Waals surface area contributed by atoms with E-state index in [-0.39, 0.29) is 5.82 Å². The van der Waals surface area contributed by atoms with Crippen molar-refractivity contribution in [2.45, 2.75) is 0 Å². The number of nitrogens with zero attached hydrogens (tertiary/aromatic N) is 3. The molecule has 0 aliphatic rings. The zero-order valence-corrected chi connectivity index (χ0v) is 11.4. The topological polar surface area (TPSA) is 30.7 Å². The van der Waals surface area contributed by atoms with Crippen molar-refractivity contribution in [2.75, 3.05) is 0 Å². The predicted molar refractivity (Wildman–Crippen MR) is 74.5 cm³/mol. The van der Waals surface area contributed by atoms with Crippen LogP contribution in [0.3, 0.4) is 0 Å². The van der Waals surface area contributed by atoms with E-state index in [1.165, 1.54) is 10.7 Å². The van der Waals surface area contributed by atoms with Crippen LogP contribution in [0.2, 0.25) is 0 Å². The van der Waals surface area contributed by atoms with E-state index >= 15 is 0 Å². The second-order valence-electron chi connectivity index (χ2n) is 4.00. The van der Waals surface area contributed by atoms with E-state index in [1.54, 1.807) is 18.6 Å². The van der Waals surface area contributed by atoms with Crippen LogP contribution in [0.1, 0.15) is 0 Å². The number of aromatic nitrogens is 3. The second kappa shape index (κ2) is 4.93. The van der Waals surface area contributed by atoms with E-state index in [9.17, 15) is 4.39 Å². The molecule has 0 radical (unpaired) electrons. The zero-order chi connectivity index (χ0) is 13.2. The molecule has 2 heterocycles. The van der Waals surface area contributed by atoms with Crippen LogP contribution in [-0.4, -0.2) is 14.8 Å². The van der Waals surface area contributed by atoms with E-state index in [0.29, 0.717) is 4.47 Å². The van der Waals surface area contributed by atoms with E-state index in [0.717, 1.165) is 11.1 Å². The molecule has 3 aromatic rings. The lowest BCUT2D eigenvalue weighted by molar-refractivity contribution is 0.599. The van der Waals surface area contributed by atoms with E-state index in [2.05, 4.69) is 26.0 Å². The Morgan fingerprint density at radius 1 is 1.05 bits per heavy atom. The van der Waals surface area contributed by atoms with Crippen LogP contribution in [-0.2, 0) is 0 Å². The summed E-state index contributed by atoms with van der Waals surface area (Å²) in [4.78, 5) is 4.03. The fraction of sp³-hybridized carbons (Fsp3) is 0. The van der Waals surface area contributed by atoms with Gasteiger partial charge >= 0.3 is 0 Å². The standard InChI is InChI=1S/C14H9BrFN3/c15-12-6-13(16)14(17-8-12)19-9-11(7-18-19)10-4-2-1-3-5-10/h1-9H. The van der Waals surface area contributed by atoms with Crippen LogP contribution in [0.15, 0.2) is 59.5 Å². The average Bonchev–Trinajstić information content (AvgIpc) is 2.89. The van der Waals surface area contributed by atoms with Crippen molar-refractivity contribution < 1.29 is 4.39 Å². The lowest BCUT2D eigenvalue weighted by Gasteiger charge is -2.01. The second-order valence-corrected chi connectivity index (χ2v) is 4.91. The molecular weight excluding hydrogens is 309 g/mol. The molecule has 0 bridgehead atoms. The molecule has 0 N–H and O–H groups in total. The molecule has 5 heteroatoms. The van der Waals surface area contributed by atoms with Crippen LogP contribution < -0.4 is 0 Å². The molecule has 0 saturated heterocycles. The summed E-state index contributed by atoms with van der Waals surface area (Å²) in [7, 11) is 0. The molecule has 19 heavy (non-hydrogen) atoms. The largest absolute Gasteiger partial charge is 0.233 e. The van der Waals surface area contributed by atoms with Crippen molar-refractivity contribution in [1.82, 2.24) is 14.8 Å². The fourth-order valence-electron chi connectivity index (χ4n) is 1.79. The van der Waals surface area contributed by atoms with Gasteiger partial charge in [0.1, 0.15) is 0 Å². The SMILES string of the molecule is Fc1cc(Br)cnc1-n1cc(-c2ccccc2)cn1. The molecule has 0 aliphatic carbocycles. The Bertz CT molecular complexity index is 710. The van der Waals surface area contributed by atoms with Crippen LogP contribution in [0.4, 0.5) is 4.39 Å². The Hall–Kier alpha value is -2.01. The van der Waals surface area contributed by atoms with Gasteiger partial charge in [-0.2, -0.15) is 5.10 Å². The molecule has 0 saturated carbocycles. The zero-order valence-electron chi connectivity index (χ0n) is 9.79. The summed E-state index contributed by atoms with van der Waals surface area (Å²) in [6.45, 7) is 0. The van der Waals surface area contributed by atoms with Gasteiger partial charge in [-0.3, -0.25) is 0 Å². The van der Waals surface area contributed by atoms with Gasteiger partial charge in [0.25, 0.3) is 0 Å². The maximum Gasteiger partial charge on any atom is 0.189 e. The van der Waals surface area contributed by atoms with Crippen molar-refractivity contribution in [3.8, 4) is 16.9 Å². The first-order valence-electron chi connectivity index (χ1n) is 5.65. The monoisotopic (exact) mass is 317 g/mol. The van der Waals surface area contributed by atoms with Crippen molar-refractivity contribution in [3.63, 3.8) is 0 Å². The Morgan fingerprint density at radius 3 is 2.58 bits per heavy atom. The normalized spacial score (nSPS) is 10.6. The molecule has 1 aromatic carbocycles. The quantitative estimate of drug-likeness (QED) is 0.719. The maximum atomic E-state index is 13.8. The van der Waals surface area contributed by atoms with Gasteiger partial charge in [0.15, 0.2) is 11.6 Å². The van der Waals surface area contributed by atoms with Gasteiger partial charge in [0.05, 0.1) is 6.20 Å². The van der Waals surface area contributed by atoms with E-state index in [1.807, 2.05) is 30.3 Å². The Morgan fingerprint density at radius 2 is 1.84 bits per heavy atom. The number of pyridine rings is 1. The van der Waals surface area contributed by atoms with Crippen LogP contribution in [0.25, 0.3) is 16.9 Å². The van der Waals surface area contributed by atoms with Crippen molar-refractivity contribution in [2.24, 2.45) is 0 Å². The highest BCUT2D eigenvalue weighted by Gasteiger charge is 2.09. The highest BCUT2D eigenvalue weighted by Crippen LogP contribution is 2.21. The Kier molecular flexibility index (Phi) is 3.13. The van der Waals surface area contributed by atoms with Crippen LogP contribution in [0.5, 0.6) is 0 Å². The summed E-state index contributed by atoms with van der Waals surface area (Å²) in [5.74, 6) is -0.234. The summed E-state index contributed by atoms with van der Waals surface area (Å²) >= 11 is 3.18. The summed E-state index contributed by atoms with van der Waals surface area (Å²) in [6.07, 6.45) is 5.00. The van der Waals surface area contributed by atoms with E-state index < -0.39 is 5.82 Å². The first-order chi connectivity index (χ1) is 9.24. The predicted octanol–water partition coefficient (Wildman–Crippen LogP) is 3.84. The van der Waals surface area contributed by atoms with Crippen molar-refractivity contribution in [3.05, 3.63) is 65.3 Å². The highest BCUT2D eigenvalue weighted by molar-refractivity contribution is 9.10. The molecule has 3 nitrogen and oxygen atoms in total. The first-order valence-corrected chi connectivity index (χ1v) is 6.45. The number of hydrogen-bond donors (Lipinski definition) is 0. The van der Waals surface area contributed by atoms with Crippen LogP contribution >= 0.6 is 15.9 Å². The summed E-state index contributed by atoms with van der Waals surface area (Å²) < 4.78 is 15.8. The Labute approximate surface area is 117 Å². The third kappa shape index (κ3) is 2.42. The fourth-order valence-corrected chi connectivity index (χ4v) is 2.10. The minimum absolute atomic E-state index is 0.186. The van der Waals surface area contributed by atoms with E-state index in [4.69, 9.17) is 0 Å².